The maximum absolute atomic E-state index is 13.4. The van der Waals surface area contributed by atoms with E-state index >= 15 is 0 Å². The van der Waals surface area contributed by atoms with Gasteiger partial charge in [0.05, 0.1) is 13.3 Å². The first kappa shape index (κ1) is 13.7. The van der Waals surface area contributed by atoms with Crippen LogP contribution in [0.25, 0.3) is 0 Å². The molecule has 94 valence electrons. The van der Waals surface area contributed by atoms with Gasteiger partial charge < -0.3 is 9.47 Å². The van der Waals surface area contributed by atoms with Crippen LogP contribution in [0.4, 0.5) is 8.78 Å². The molecule has 0 aliphatic heterocycles. The number of alkyl halides is 2. The average molecular weight is 267 g/mol. The zero-order valence-electron chi connectivity index (χ0n) is 9.04. The largest absolute Gasteiger partial charge is 0.464 e. The van der Waals surface area contributed by atoms with Gasteiger partial charge in [-0.1, -0.05) is 11.6 Å². The van der Waals surface area contributed by atoms with Crippen LogP contribution in [0.1, 0.15) is 16.2 Å². The highest BCUT2D eigenvalue weighted by Gasteiger charge is 2.36. The normalized spacial score (nSPS) is 11.4. The van der Waals surface area contributed by atoms with E-state index < -0.39 is 29.3 Å². The lowest BCUT2D eigenvalue weighted by molar-refractivity contribution is -0.0732. The summed E-state index contributed by atoms with van der Waals surface area (Å²) in [7, 11) is 2.25. The fourth-order valence-corrected chi connectivity index (χ4v) is 1.34. The molecule has 0 saturated heterocycles. The van der Waals surface area contributed by atoms with Crippen LogP contribution >= 0.6 is 11.6 Å². The smallest absolute Gasteiger partial charge is 0.358 e. The van der Waals surface area contributed by atoms with Gasteiger partial charge in [-0.05, 0) is 0 Å². The van der Waals surface area contributed by atoms with Crippen LogP contribution in [-0.2, 0) is 15.4 Å². The minimum atomic E-state index is -3.37. The lowest BCUT2D eigenvalue weighted by Gasteiger charge is -2.15. The number of esters is 1. The second-order valence-corrected chi connectivity index (χ2v) is 3.38. The molecule has 0 radical (unpaired) electrons. The number of rotatable bonds is 4. The Balaban J connectivity index is 3.09. The lowest BCUT2D eigenvalue weighted by Crippen LogP contribution is -2.23. The van der Waals surface area contributed by atoms with E-state index in [0.717, 1.165) is 20.4 Å². The van der Waals surface area contributed by atoms with Gasteiger partial charge in [-0.15, -0.1) is 0 Å². The molecular formula is C9H9ClF2N2O3. The SMILES string of the molecule is COCC(F)(F)c1ncc(C(=O)OC)nc1Cl. The molecule has 0 spiro atoms. The average Bonchev–Trinajstić information content (AvgIpc) is 2.27. The molecule has 0 aliphatic rings. The quantitative estimate of drug-likeness (QED) is 0.776. The Bertz CT molecular complexity index is 429. The van der Waals surface area contributed by atoms with E-state index in [4.69, 9.17) is 11.6 Å². The molecule has 1 aromatic heterocycles. The van der Waals surface area contributed by atoms with Crippen LogP contribution in [0.3, 0.4) is 0 Å². The van der Waals surface area contributed by atoms with E-state index in [0.29, 0.717) is 0 Å². The standard InChI is InChI=1S/C9H9ClF2N2O3/c1-16-4-9(11,12)6-7(10)14-5(3-13-6)8(15)17-2/h3H,4H2,1-2H3. The van der Waals surface area contributed by atoms with Gasteiger partial charge in [-0.3, -0.25) is 0 Å². The van der Waals surface area contributed by atoms with Crippen molar-refractivity contribution in [3.63, 3.8) is 0 Å². The monoisotopic (exact) mass is 266 g/mol. The molecule has 1 rings (SSSR count). The molecule has 0 atom stereocenters. The minimum Gasteiger partial charge on any atom is -0.464 e. The first-order valence-corrected chi connectivity index (χ1v) is 4.78. The van der Waals surface area contributed by atoms with Crippen molar-refractivity contribution in [3.05, 3.63) is 22.7 Å². The number of halogens is 3. The fourth-order valence-electron chi connectivity index (χ4n) is 1.06. The third-order valence-corrected chi connectivity index (χ3v) is 2.06. The molecule has 0 aromatic carbocycles. The Kier molecular flexibility index (Phi) is 4.30. The van der Waals surface area contributed by atoms with Crippen LogP contribution in [0, 0.1) is 0 Å². The van der Waals surface area contributed by atoms with E-state index in [1.165, 1.54) is 0 Å². The zero-order valence-corrected chi connectivity index (χ0v) is 9.79. The van der Waals surface area contributed by atoms with Crippen molar-refractivity contribution in [3.8, 4) is 0 Å². The summed E-state index contributed by atoms with van der Waals surface area (Å²) in [6.45, 7) is -0.876. The number of methoxy groups -OCH3 is 2. The van der Waals surface area contributed by atoms with Gasteiger partial charge in [0.25, 0.3) is 0 Å². The van der Waals surface area contributed by atoms with Crippen molar-refractivity contribution in [1.82, 2.24) is 9.97 Å². The van der Waals surface area contributed by atoms with Gasteiger partial charge in [0.1, 0.15) is 12.3 Å². The van der Waals surface area contributed by atoms with E-state index in [-0.39, 0.29) is 5.69 Å². The molecule has 0 aliphatic carbocycles. The van der Waals surface area contributed by atoms with Crippen molar-refractivity contribution in [1.29, 1.82) is 0 Å². The maximum Gasteiger partial charge on any atom is 0.358 e. The van der Waals surface area contributed by atoms with Crippen molar-refractivity contribution in [2.24, 2.45) is 0 Å². The van der Waals surface area contributed by atoms with Gasteiger partial charge in [0.15, 0.2) is 10.8 Å². The van der Waals surface area contributed by atoms with Gasteiger partial charge in [-0.25, -0.2) is 14.8 Å². The number of ether oxygens (including phenoxy) is 2. The maximum atomic E-state index is 13.4. The van der Waals surface area contributed by atoms with Crippen molar-refractivity contribution in [2.75, 3.05) is 20.8 Å². The third-order valence-electron chi connectivity index (χ3n) is 1.80. The zero-order chi connectivity index (χ0) is 13.1. The Morgan fingerprint density at radius 3 is 2.65 bits per heavy atom. The first-order valence-electron chi connectivity index (χ1n) is 4.40. The molecule has 0 bridgehead atoms. The predicted molar refractivity (Wildman–Crippen MR) is 54.2 cm³/mol. The van der Waals surface area contributed by atoms with Crippen LogP contribution in [0.5, 0.6) is 0 Å². The summed E-state index contributed by atoms with van der Waals surface area (Å²) in [6, 6.07) is 0. The number of nitrogens with zero attached hydrogens (tertiary/aromatic N) is 2. The van der Waals surface area contributed by atoms with Crippen molar-refractivity contribution in [2.45, 2.75) is 5.92 Å². The van der Waals surface area contributed by atoms with Crippen LogP contribution in [-0.4, -0.2) is 36.8 Å². The number of carbonyl (C=O) groups excluding carboxylic acids is 1. The van der Waals surface area contributed by atoms with E-state index in [9.17, 15) is 13.6 Å². The minimum absolute atomic E-state index is 0.241. The highest BCUT2D eigenvalue weighted by atomic mass is 35.5. The molecule has 0 N–H and O–H groups in total. The summed E-state index contributed by atoms with van der Waals surface area (Å²) in [4.78, 5) is 18.0. The molecule has 17 heavy (non-hydrogen) atoms. The summed E-state index contributed by atoms with van der Waals surface area (Å²) in [5.41, 5.74) is -0.983. The van der Waals surface area contributed by atoms with Gasteiger partial charge in [-0.2, -0.15) is 8.78 Å². The highest BCUT2D eigenvalue weighted by Crippen LogP contribution is 2.30. The Morgan fingerprint density at radius 2 is 2.18 bits per heavy atom. The first-order chi connectivity index (χ1) is 7.92. The molecule has 0 fully saturated rings. The molecule has 0 unspecified atom stereocenters. The highest BCUT2D eigenvalue weighted by molar-refractivity contribution is 6.30. The van der Waals surface area contributed by atoms with E-state index in [1.807, 2.05) is 0 Å². The Morgan fingerprint density at radius 1 is 1.53 bits per heavy atom. The second kappa shape index (κ2) is 5.33. The second-order valence-electron chi connectivity index (χ2n) is 3.02. The van der Waals surface area contributed by atoms with E-state index in [2.05, 4.69) is 19.4 Å². The molecule has 1 heterocycles. The number of carbonyl (C=O) groups is 1. The summed E-state index contributed by atoms with van der Waals surface area (Å²) in [5.74, 6) is -4.17. The summed E-state index contributed by atoms with van der Waals surface area (Å²) < 4.78 is 35.5. The van der Waals surface area contributed by atoms with Crippen LogP contribution in [0.15, 0.2) is 6.20 Å². The summed E-state index contributed by atoms with van der Waals surface area (Å²) in [6.07, 6.45) is 0.872. The Labute approximate surface area is 101 Å². The van der Waals surface area contributed by atoms with Crippen LogP contribution in [0.2, 0.25) is 5.15 Å². The topological polar surface area (TPSA) is 61.3 Å². The molecule has 8 heteroatoms. The molecular weight excluding hydrogens is 258 g/mol. The summed E-state index contributed by atoms with van der Waals surface area (Å²) in [5, 5.41) is -0.560. The molecule has 5 nitrogen and oxygen atoms in total. The van der Waals surface area contributed by atoms with Gasteiger partial charge >= 0.3 is 11.9 Å². The Hall–Kier alpha value is -1.34. The lowest BCUT2D eigenvalue weighted by atomic mass is 10.2. The number of hydrogen-bond donors (Lipinski definition) is 0. The van der Waals surface area contributed by atoms with Gasteiger partial charge in [0.2, 0.25) is 0 Å². The molecule has 0 amide bonds. The van der Waals surface area contributed by atoms with Crippen molar-refractivity contribution < 1.29 is 23.0 Å². The van der Waals surface area contributed by atoms with E-state index in [1.54, 1.807) is 0 Å². The summed E-state index contributed by atoms with van der Waals surface area (Å²) >= 11 is 5.53. The van der Waals surface area contributed by atoms with Crippen molar-refractivity contribution >= 4 is 17.6 Å². The molecule has 1 aromatic rings. The number of aromatic nitrogens is 2. The fraction of sp³-hybridized carbons (Fsp3) is 0.444. The third kappa shape index (κ3) is 3.07. The van der Waals surface area contributed by atoms with Gasteiger partial charge in [0, 0.05) is 7.11 Å². The molecule has 0 saturated carbocycles. The number of hydrogen-bond acceptors (Lipinski definition) is 5. The predicted octanol–water partition coefficient (Wildman–Crippen LogP) is 1.65. The van der Waals surface area contributed by atoms with Crippen LogP contribution < -0.4 is 0 Å².